The van der Waals surface area contributed by atoms with Crippen molar-refractivity contribution in [3.63, 3.8) is 0 Å². The van der Waals surface area contributed by atoms with Gasteiger partial charge in [0.2, 0.25) is 5.91 Å². The van der Waals surface area contributed by atoms with Gasteiger partial charge >= 0.3 is 0 Å². The van der Waals surface area contributed by atoms with Crippen molar-refractivity contribution < 1.29 is 9.53 Å². The number of rotatable bonds is 3. The maximum absolute atomic E-state index is 12.3. The number of pyridine rings is 1. The number of nitrogens with one attached hydrogen (secondary N) is 1. The highest BCUT2D eigenvalue weighted by Gasteiger charge is 2.32. The first kappa shape index (κ1) is 15.9. The number of hydrogen-bond acceptors (Lipinski definition) is 3. The lowest BCUT2D eigenvalue weighted by molar-refractivity contribution is -0.129. The lowest BCUT2D eigenvalue weighted by atomic mass is 9.91. The van der Waals surface area contributed by atoms with Gasteiger partial charge in [-0.3, -0.25) is 9.78 Å². The van der Waals surface area contributed by atoms with Crippen LogP contribution in [0.15, 0.2) is 36.5 Å². The highest BCUT2D eigenvalue weighted by Crippen LogP contribution is 2.25. The first-order chi connectivity index (χ1) is 10.9. The lowest BCUT2D eigenvalue weighted by Crippen LogP contribution is -2.45. The number of carbonyl (C=O) groups is 1. The van der Waals surface area contributed by atoms with Gasteiger partial charge in [0.1, 0.15) is 0 Å². The number of amides is 1. The summed E-state index contributed by atoms with van der Waals surface area (Å²) in [7, 11) is 0. The highest BCUT2D eigenvalue weighted by atomic mass is 16.5. The topological polar surface area (TPSA) is 51.2 Å². The molecule has 0 bridgehead atoms. The molecule has 1 amide bonds. The summed E-state index contributed by atoms with van der Waals surface area (Å²) in [6, 6.07) is 10.3. The van der Waals surface area contributed by atoms with Crippen LogP contribution in [0.4, 0.5) is 0 Å². The molecular formula is C19H24N2O2. The Morgan fingerprint density at radius 3 is 2.83 bits per heavy atom. The van der Waals surface area contributed by atoms with Crippen LogP contribution in [0.1, 0.15) is 26.3 Å². The van der Waals surface area contributed by atoms with Gasteiger partial charge in [-0.1, -0.05) is 39.0 Å². The fourth-order valence-corrected chi connectivity index (χ4v) is 2.96. The summed E-state index contributed by atoms with van der Waals surface area (Å²) in [6.07, 6.45) is 2.74. The van der Waals surface area contributed by atoms with Gasteiger partial charge in [0.25, 0.3) is 0 Å². The van der Waals surface area contributed by atoms with E-state index in [1.807, 2.05) is 45.2 Å². The summed E-state index contributed by atoms with van der Waals surface area (Å²) >= 11 is 0. The first-order valence-corrected chi connectivity index (χ1v) is 8.16. The molecule has 1 N–H and O–H groups in total. The van der Waals surface area contributed by atoms with Crippen molar-refractivity contribution in [2.24, 2.45) is 11.3 Å². The van der Waals surface area contributed by atoms with Crippen LogP contribution >= 0.6 is 0 Å². The number of para-hydroxylation sites is 1. The van der Waals surface area contributed by atoms with Crippen molar-refractivity contribution in [3.8, 4) is 0 Å². The number of fused-ring (bicyclic) bond motifs is 1. The Hall–Kier alpha value is -1.94. The third-order valence-corrected chi connectivity index (χ3v) is 4.42. The van der Waals surface area contributed by atoms with Gasteiger partial charge in [0.05, 0.1) is 24.8 Å². The van der Waals surface area contributed by atoms with Crippen molar-refractivity contribution in [1.29, 1.82) is 0 Å². The minimum absolute atomic E-state index is 0.0775. The Kier molecular flexibility index (Phi) is 4.35. The second-order valence-corrected chi connectivity index (χ2v) is 7.32. The molecule has 23 heavy (non-hydrogen) atoms. The van der Waals surface area contributed by atoms with E-state index in [9.17, 15) is 4.79 Å². The van der Waals surface area contributed by atoms with Gasteiger partial charge in [0, 0.05) is 22.9 Å². The van der Waals surface area contributed by atoms with E-state index >= 15 is 0 Å². The predicted octanol–water partition coefficient (Wildman–Crippen LogP) is 2.95. The Morgan fingerprint density at radius 2 is 2.04 bits per heavy atom. The Balaban J connectivity index is 1.77. The number of carbonyl (C=O) groups excluding carboxylic acids is 1. The average molecular weight is 312 g/mol. The van der Waals surface area contributed by atoms with Crippen LogP contribution in [-0.4, -0.2) is 30.1 Å². The molecule has 1 fully saturated rings. The molecule has 1 aliphatic rings. The molecule has 3 rings (SSSR count). The van der Waals surface area contributed by atoms with E-state index in [1.165, 1.54) is 10.9 Å². The fraction of sp³-hybridized carbons (Fsp3) is 0.474. The molecule has 2 aromatic rings. The SMILES string of the molecule is CC(C)(C)C(=O)N[C@H]1COC[C@H]1Cc1ccnc2ccccc12. The normalized spacial score (nSPS) is 21.5. The molecular weight excluding hydrogens is 288 g/mol. The minimum atomic E-state index is -0.378. The monoisotopic (exact) mass is 312 g/mol. The molecule has 1 aromatic carbocycles. The van der Waals surface area contributed by atoms with E-state index in [4.69, 9.17) is 4.74 Å². The van der Waals surface area contributed by atoms with Crippen LogP contribution in [0.25, 0.3) is 10.9 Å². The molecule has 2 heterocycles. The molecule has 4 heteroatoms. The third-order valence-electron chi connectivity index (χ3n) is 4.42. The third kappa shape index (κ3) is 3.53. The van der Waals surface area contributed by atoms with Crippen LogP contribution in [0.5, 0.6) is 0 Å². The van der Waals surface area contributed by atoms with Crippen LogP contribution < -0.4 is 5.32 Å². The molecule has 0 radical (unpaired) electrons. The standard InChI is InChI=1S/C19H24N2O2/c1-19(2,3)18(22)21-17-12-23-11-14(17)10-13-8-9-20-16-7-5-4-6-15(13)16/h4-9,14,17H,10-12H2,1-3H3,(H,21,22)/t14-,17+/m1/s1. The van der Waals surface area contributed by atoms with Gasteiger partial charge in [0.15, 0.2) is 0 Å². The van der Waals surface area contributed by atoms with E-state index in [0.717, 1.165) is 11.9 Å². The maximum Gasteiger partial charge on any atom is 0.225 e. The van der Waals surface area contributed by atoms with E-state index < -0.39 is 0 Å². The zero-order valence-electron chi connectivity index (χ0n) is 14.0. The van der Waals surface area contributed by atoms with Crippen molar-refractivity contribution in [1.82, 2.24) is 10.3 Å². The van der Waals surface area contributed by atoms with E-state index in [2.05, 4.69) is 22.4 Å². The molecule has 2 atom stereocenters. The summed E-state index contributed by atoms with van der Waals surface area (Å²) in [5.41, 5.74) is 1.90. The van der Waals surface area contributed by atoms with Crippen molar-refractivity contribution in [3.05, 3.63) is 42.1 Å². The van der Waals surface area contributed by atoms with Crippen LogP contribution in [0.3, 0.4) is 0 Å². The van der Waals surface area contributed by atoms with E-state index in [1.54, 1.807) is 0 Å². The molecule has 0 aliphatic carbocycles. The lowest BCUT2D eigenvalue weighted by Gasteiger charge is -2.24. The summed E-state index contributed by atoms with van der Waals surface area (Å²) in [4.78, 5) is 16.7. The summed E-state index contributed by atoms with van der Waals surface area (Å²) in [6.45, 7) is 7.08. The molecule has 0 spiro atoms. The van der Waals surface area contributed by atoms with Crippen molar-refractivity contribution >= 4 is 16.8 Å². The maximum atomic E-state index is 12.3. The largest absolute Gasteiger partial charge is 0.379 e. The van der Waals surface area contributed by atoms with Crippen LogP contribution in [0.2, 0.25) is 0 Å². The molecule has 1 aromatic heterocycles. The number of hydrogen-bond donors (Lipinski definition) is 1. The average Bonchev–Trinajstić information content (AvgIpc) is 2.94. The summed E-state index contributed by atoms with van der Waals surface area (Å²) in [5, 5.41) is 4.34. The second-order valence-electron chi connectivity index (χ2n) is 7.32. The number of aromatic nitrogens is 1. The zero-order valence-corrected chi connectivity index (χ0v) is 14.0. The molecule has 4 nitrogen and oxygen atoms in total. The van der Waals surface area contributed by atoms with Crippen LogP contribution in [-0.2, 0) is 16.0 Å². The highest BCUT2D eigenvalue weighted by molar-refractivity contribution is 5.82. The first-order valence-electron chi connectivity index (χ1n) is 8.16. The summed E-state index contributed by atoms with van der Waals surface area (Å²) in [5.74, 6) is 0.379. The zero-order chi connectivity index (χ0) is 16.4. The molecule has 1 aliphatic heterocycles. The van der Waals surface area contributed by atoms with Gasteiger partial charge in [-0.2, -0.15) is 0 Å². The molecule has 0 saturated carbocycles. The van der Waals surface area contributed by atoms with Gasteiger partial charge in [-0.05, 0) is 24.1 Å². The van der Waals surface area contributed by atoms with Gasteiger partial charge in [-0.15, -0.1) is 0 Å². The van der Waals surface area contributed by atoms with Crippen molar-refractivity contribution in [2.75, 3.05) is 13.2 Å². The van der Waals surface area contributed by atoms with Crippen molar-refractivity contribution in [2.45, 2.75) is 33.2 Å². The quantitative estimate of drug-likeness (QED) is 0.948. The smallest absolute Gasteiger partial charge is 0.225 e. The number of benzene rings is 1. The fourth-order valence-electron chi connectivity index (χ4n) is 2.96. The number of ether oxygens (including phenoxy) is 1. The van der Waals surface area contributed by atoms with E-state index in [-0.39, 0.29) is 17.4 Å². The predicted molar refractivity (Wildman–Crippen MR) is 91.1 cm³/mol. The van der Waals surface area contributed by atoms with Crippen LogP contribution in [0, 0.1) is 11.3 Å². The second kappa shape index (κ2) is 6.28. The van der Waals surface area contributed by atoms with Gasteiger partial charge < -0.3 is 10.1 Å². The molecule has 1 saturated heterocycles. The molecule has 0 unspecified atom stereocenters. The Labute approximate surface area is 137 Å². The Bertz CT molecular complexity index is 701. The Morgan fingerprint density at radius 1 is 1.26 bits per heavy atom. The molecule has 122 valence electrons. The van der Waals surface area contributed by atoms with Gasteiger partial charge in [-0.25, -0.2) is 0 Å². The number of nitrogens with zero attached hydrogens (tertiary/aromatic N) is 1. The summed E-state index contributed by atoms with van der Waals surface area (Å²) < 4.78 is 5.64. The minimum Gasteiger partial charge on any atom is -0.379 e. The van der Waals surface area contributed by atoms with E-state index in [0.29, 0.717) is 19.1 Å².